The Morgan fingerprint density at radius 1 is 1.26 bits per heavy atom. The highest BCUT2D eigenvalue weighted by Crippen LogP contribution is 2.21. The van der Waals surface area contributed by atoms with E-state index in [4.69, 9.17) is 0 Å². The van der Waals surface area contributed by atoms with Gasteiger partial charge in [0.25, 0.3) is 5.91 Å². The minimum Gasteiger partial charge on any atom is -0.352 e. The molecule has 7 heteroatoms. The van der Waals surface area contributed by atoms with E-state index < -0.39 is 0 Å². The van der Waals surface area contributed by atoms with Gasteiger partial charge < -0.3 is 15.5 Å². The molecule has 144 valence electrons. The van der Waals surface area contributed by atoms with Crippen molar-refractivity contribution in [2.24, 2.45) is 5.92 Å². The SMILES string of the molecule is Cc1ccc(NC(=O)N2CCC(CCNC(=O)c3ccsc3)CC2)cc1F. The third-order valence-electron chi connectivity index (χ3n) is 4.95. The highest BCUT2D eigenvalue weighted by Gasteiger charge is 2.23. The van der Waals surface area contributed by atoms with Crippen LogP contribution in [0.15, 0.2) is 35.0 Å². The van der Waals surface area contributed by atoms with Gasteiger partial charge in [0.05, 0.1) is 0 Å². The molecule has 3 amide bonds. The van der Waals surface area contributed by atoms with Crippen molar-refractivity contribution in [3.8, 4) is 0 Å². The summed E-state index contributed by atoms with van der Waals surface area (Å²) in [4.78, 5) is 26.0. The van der Waals surface area contributed by atoms with Crippen molar-refractivity contribution in [1.82, 2.24) is 10.2 Å². The maximum atomic E-state index is 13.6. The van der Waals surface area contributed by atoms with E-state index in [1.54, 1.807) is 24.0 Å². The smallest absolute Gasteiger partial charge is 0.321 e. The number of hydrogen-bond donors (Lipinski definition) is 2. The zero-order valence-electron chi connectivity index (χ0n) is 15.3. The summed E-state index contributed by atoms with van der Waals surface area (Å²) in [5, 5.41) is 9.44. The molecular formula is C20H24FN3O2S. The summed E-state index contributed by atoms with van der Waals surface area (Å²) < 4.78 is 13.6. The van der Waals surface area contributed by atoms with Gasteiger partial charge in [-0.15, -0.1) is 0 Å². The molecule has 2 aromatic rings. The summed E-state index contributed by atoms with van der Waals surface area (Å²) >= 11 is 1.51. The van der Waals surface area contributed by atoms with Gasteiger partial charge in [-0.2, -0.15) is 11.3 Å². The van der Waals surface area contributed by atoms with E-state index in [1.807, 2.05) is 16.8 Å². The van der Waals surface area contributed by atoms with Gasteiger partial charge in [0, 0.05) is 36.3 Å². The summed E-state index contributed by atoms with van der Waals surface area (Å²) in [6.07, 6.45) is 2.72. The van der Waals surface area contributed by atoms with Crippen LogP contribution in [0.25, 0.3) is 0 Å². The summed E-state index contributed by atoms with van der Waals surface area (Å²) in [6.45, 7) is 3.68. The average molecular weight is 389 g/mol. The molecule has 1 fully saturated rings. The Morgan fingerprint density at radius 3 is 2.70 bits per heavy atom. The van der Waals surface area contributed by atoms with Crippen LogP contribution in [0.2, 0.25) is 0 Å². The monoisotopic (exact) mass is 389 g/mol. The van der Waals surface area contributed by atoms with Gasteiger partial charge in [-0.1, -0.05) is 6.07 Å². The lowest BCUT2D eigenvalue weighted by atomic mass is 9.93. The number of urea groups is 1. The van der Waals surface area contributed by atoms with Crippen molar-refractivity contribution >= 4 is 29.0 Å². The lowest BCUT2D eigenvalue weighted by Crippen LogP contribution is -2.41. The molecule has 1 aromatic heterocycles. The largest absolute Gasteiger partial charge is 0.352 e. The Balaban J connectivity index is 1.38. The Morgan fingerprint density at radius 2 is 2.04 bits per heavy atom. The van der Waals surface area contributed by atoms with E-state index in [1.165, 1.54) is 17.4 Å². The number of halogens is 1. The summed E-state index contributed by atoms with van der Waals surface area (Å²) in [5.74, 6) is 0.142. The van der Waals surface area contributed by atoms with Crippen molar-refractivity contribution < 1.29 is 14.0 Å². The van der Waals surface area contributed by atoms with Crippen LogP contribution >= 0.6 is 11.3 Å². The number of likely N-dealkylation sites (tertiary alicyclic amines) is 1. The molecular weight excluding hydrogens is 365 g/mol. The second kappa shape index (κ2) is 8.99. The molecule has 0 spiro atoms. The van der Waals surface area contributed by atoms with Crippen molar-refractivity contribution in [3.05, 3.63) is 52.0 Å². The number of carbonyl (C=O) groups is 2. The van der Waals surface area contributed by atoms with Crippen molar-refractivity contribution in [2.45, 2.75) is 26.2 Å². The first-order valence-corrected chi connectivity index (χ1v) is 10.1. The Labute approximate surface area is 162 Å². The number of anilines is 1. The van der Waals surface area contributed by atoms with Crippen LogP contribution in [0, 0.1) is 18.7 Å². The standard InChI is InChI=1S/C20H24FN3O2S/c1-14-2-3-17(12-18(14)21)23-20(26)24-9-5-15(6-10-24)4-8-22-19(25)16-7-11-27-13-16/h2-3,7,11-13,15H,4-6,8-10H2,1H3,(H,22,25)(H,23,26). The molecule has 27 heavy (non-hydrogen) atoms. The number of benzene rings is 1. The fraction of sp³-hybridized carbons (Fsp3) is 0.400. The van der Waals surface area contributed by atoms with Gasteiger partial charge in [-0.05, 0) is 61.2 Å². The number of aryl methyl sites for hydroxylation is 1. The molecule has 0 aliphatic carbocycles. The molecule has 3 rings (SSSR count). The van der Waals surface area contributed by atoms with Gasteiger partial charge in [0.15, 0.2) is 0 Å². The van der Waals surface area contributed by atoms with Gasteiger partial charge in [-0.25, -0.2) is 9.18 Å². The molecule has 1 aliphatic rings. The van der Waals surface area contributed by atoms with E-state index in [-0.39, 0.29) is 17.8 Å². The van der Waals surface area contributed by atoms with Gasteiger partial charge in [-0.3, -0.25) is 4.79 Å². The number of nitrogens with one attached hydrogen (secondary N) is 2. The van der Waals surface area contributed by atoms with Crippen LogP contribution in [0.4, 0.5) is 14.9 Å². The number of carbonyl (C=O) groups excluding carboxylic acids is 2. The molecule has 5 nitrogen and oxygen atoms in total. The molecule has 1 saturated heterocycles. The number of thiophene rings is 1. The molecule has 2 heterocycles. The zero-order chi connectivity index (χ0) is 19.2. The van der Waals surface area contributed by atoms with Crippen LogP contribution in [-0.2, 0) is 0 Å². The number of nitrogens with zero attached hydrogens (tertiary/aromatic N) is 1. The maximum absolute atomic E-state index is 13.6. The predicted molar refractivity (Wildman–Crippen MR) is 106 cm³/mol. The maximum Gasteiger partial charge on any atom is 0.321 e. The van der Waals surface area contributed by atoms with Crippen LogP contribution < -0.4 is 10.6 Å². The van der Waals surface area contributed by atoms with E-state index >= 15 is 0 Å². The third-order valence-corrected chi connectivity index (χ3v) is 5.63. The second-order valence-electron chi connectivity index (χ2n) is 6.88. The lowest BCUT2D eigenvalue weighted by Gasteiger charge is -2.32. The highest BCUT2D eigenvalue weighted by atomic mass is 32.1. The number of amides is 3. The first-order valence-electron chi connectivity index (χ1n) is 9.15. The van der Waals surface area contributed by atoms with Crippen molar-refractivity contribution in [1.29, 1.82) is 0 Å². The molecule has 1 aromatic carbocycles. The van der Waals surface area contributed by atoms with E-state index in [9.17, 15) is 14.0 Å². The predicted octanol–water partition coefficient (Wildman–Crippen LogP) is 4.26. The molecule has 0 bridgehead atoms. The van der Waals surface area contributed by atoms with Crippen LogP contribution in [-0.4, -0.2) is 36.5 Å². The number of rotatable bonds is 5. The normalized spacial score (nSPS) is 14.8. The Bertz CT molecular complexity index is 787. The number of hydrogen-bond acceptors (Lipinski definition) is 3. The van der Waals surface area contributed by atoms with Crippen LogP contribution in [0.5, 0.6) is 0 Å². The van der Waals surface area contributed by atoms with Gasteiger partial charge in [0.2, 0.25) is 0 Å². The Kier molecular flexibility index (Phi) is 6.45. The fourth-order valence-electron chi connectivity index (χ4n) is 3.18. The second-order valence-corrected chi connectivity index (χ2v) is 7.66. The van der Waals surface area contributed by atoms with E-state index in [0.29, 0.717) is 42.4 Å². The molecule has 0 saturated carbocycles. The van der Waals surface area contributed by atoms with Crippen molar-refractivity contribution in [3.63, 3.8) is 0 Å². The van der Waals surface area contributed by atoms with Crippen LogP contribution in [0.1, 0.15) is 35.2 Å². The van der Waals surface area contributed by atoms with E-state index in [2.05, 4.69) is 10.6 Å². The van der Waals surface area contributed by atoms with E-state index in [0.717, 1.165) is 19.3 Å². The zero-order valence-corrected chi connectivity index (χ0v) is 16.2. The molecule has 1 aliphatic heterocycles. The molecule has 0 unspecified atom stereocenters. The summed E-state index contributed by atoms with van der Waals surface area (Å²) in [6, 6.07) is 6.33. The number of piperidine rings is 1. The average Bonchev–Trinajstić information content (AvgIpc) is 3.20. The van der Waals surface area contributed by atoms with Gasteiger partial charge >= 0.3 is 6.03 Å². The molecule has 2 N–H and O–H groups in total. The Hall–Kier alpha value is -2.41. The highest BCUT2D eigenvalue weighted by molar-refractivity contribution is 7.08. The van der Waals surface area contributed by atoms with Gasteiger partial charge in [0.1, 0.15) is 5.82 Å². The molecule has 0 atom stereocenters. The minimum atomic E-state index is -0.323. The third kappa shape index (κ3) is 5.29. The fourth-order valence-corrected chi connectivity index (χ4v) is 3.82. The van der Waals surface area contributed by atoms with Crippen molar-refractivity contribution in [2.75, 3.05) is 25.0 Å². The molecule has 0 radical (unpaired) electrons. The first kappa shape index (κ1) is 19.4. The minimum absolute atomic E-state index is 0.0293. The lowest BCUT2D eigenvalue weighted by molar-refractivity contribution is 0.0950. The summed E-state index contributed by atoms with van der Waals surface area (Å²) in [7, 11) is 0. The first-order chi connectivity index (χ1) is 13.0. The summed E-state index contributed by atoms with van der Waals surface area (Å²) in [5.41, 5.74) is 1.74. The topological polar surface area (TPSA) is 61.4 Å². The quantitative estimate of drug-likeness (QED) is 0.803. The van der Waals surface area contributed by atoms with Crippen LogP contribution in [0.3, 0.4) is 0 Å².